The average Bonchev–Trinajstić information content (AvgIpc) is 3.45. The third-order valence-electron chi connectivity index (χ3n) is 7.87. The van der Waals surface area contributed by atoms with Crippen molar-refractivity contribution in [1.29, 1.82) is 0 Å². The van der Waals surface area contributed by atoms with Crippen LogP contribution in [0.15, 0.2) is 6.07 Å². The summed E-state index contributed by atoms with van der Waals surface area (Å²) in [6, 6.07) is 1.81. The molecule has 3 unspecified atom stereocenters. The Labute approximate surface area is 182 Å². The molecular weight excluding hydrogens is 420 g/mol. The molecule has 0 saturated carbocycles. The minimum absolute atomic E-state index is 0.0243. The van der Waals surface area contributed by atoms with Gasteiger partial charge in [-0.1, -0.05) is 0 Å². The van der Waals surface area contributed by atoms with Crippen LogP contribution in [0.25, 0.3) is 10.8 Å². The van der Waals surface area contributed by atoms with Crippen LogP contribution in [0.4, 0.5) is 0 Å². The molecule has 2 aromatic carbocycles. The molecule has 1 aliphatic carbocycles. The monoisotopic (exact) mass is 442 g/mol. The fourth-order valence-electron chi connectivity index (χ4n) is 6.26. The molecule has 7 rings (SSSR count). The van der Waals surface area contributed by atoms with E-state index in [1.54, 1.807) is 6.92 Å². The number of hydrogen-bond acceptors (Lipinski definition) is 9. The van der Waals surface area contributed by atoms with E-state index in [4.69, 9.17) is 23.7 Å². The van der Waals surface area contributed by atoms with Crippen LogP contribution in [0.1, 0.15) is 59.0 Å². The molecule has 5 aliphatic rings. The van der Waals surface area contributed by atoms with Crippen molar-refractivity contribution in [3.63, 3.8) is 0 Å². The number of phenols is 1. The number of Topliss-reactive ketones (excluding diaryl/α,β-unsaturated/α-hetero) is 1. The minimum atomic E-state index is -1.82. The maximum absolute atomic E-state index is 12.8. The molecule has 9 heteroatoms. The second-order valence-electron chi connectivity index (χ2n) is 9.44. The lowest BCUT2D eigenvalue weighted by Gasteiger charge is -2.46. The first-order valence-electron chi connectivity index (χ1n) is 10.7. The van der Waals surface area contributed by atoms with Gasteiger partial charge in [0.1, 0.15) is 23.4 Å². The first kappa shape index (κ1) is 19.1. The smallest absolute Gasteiger partial charge is 0.274 e. The number of carbonyl (C=O) groups excluding carboxylic acids is 1. The first-order valence-corrected chi connectivity index (χ1v) is 10.7. The lowest BCUT2D eigenvalue weighted by Crippen LogP contribution is -2.65. The molecule has 3 fully saturated rings. The summed E-state index contributed by atoms with van der Waals surface area (Å²) in [5.74, 6) is -3.06. The van der Waals surface area contributed by atoms with Crippen molar-refractivity contribution in [2.24, 2.45) is 0 Å². The molecule has 3 N–H and O–H groups in total. The van der Waals surface area contributed by atoms with E-state index >= 15 is 0 Å². The van der Waals surface area contributed by atoms with Gasteiger partial charge in [0.2, 0.25) is 11.4 Å². The normalized spacial score (nSPS) is 40.4. The van der Waals surface area contributed by atoms with Crippen molar-refractivity contribution < 1.29 is 43.8 Å². The van der Waals surface area contributed by atoms with Gasteiger partial charge in [-0.3, -0.25) is 4.79 Å². The summed E-state index contributed by atoms with van der Waals surface area (Å²) >= 11 is 0. The molecule has 0 radical (unpaired) electrons. The van der Waals surface area contributed by atoms with E-state index in [0.29, 0.717) is 16.7 Å². The fourth-order valence-corrected chi connectivity index (χ4v) is 6.26. The molecule has 168 valence electrons. The maximum Gasteiger partial charge on any atom is 0.274 e. The number of rotatable bonds is 1. The van der Waals surface area contributed by atoms with Crippen LogP contribution in [0, 0.1) is 6.92 Å². The van der Waals surface area contributed by atoms with E-state index in [2.05, 4.69) is 0 Å². The third kappa shape index (κ3) is 1.78. The Hall–Kier alpha value is -2.43. The van der Waals surface area contributed by atoms with Crippen LogP contribution in [0.5, 0.6) is 17.2 Å². The second-order valence-corrected chi connectivity index (χ2v) is 9.44. The van der Waals surface area contributed by atoms with Crippen LogP contribution in [-0.2, 0) is 14.2 Å². The summed E-state index contributed by atoms with van der Waals surface area (Å²) in [6.45, 7) is 3.80. The number of methoxy groups -OCH3 is 1. The number of ether oxygens (including phenoxy) is 5. The zero-order chi connectivity index (χ0) is 22.4. The number of aromatic hydroxyl groups is 1. The highest BCUT2D eigenvalue weighted by atomic mass is 16.8. The van der Waals surface area contributed by atoms with Gasteiger partial charge in [-0.15, -0.1) is 0 Å². The maximum atomic E-state index is 12.8. The van der Waals surface area contributed by atoms with Gasteiger partial charge in [0.25, 0.3) is 5.79 Å². The summed E-state index contributed by atoms with van der Waals surface area (Å²) in [5, 5.41) is 34.3. The van der Waals surface area contributed by atoms with E-state index in [9.17, 15) is 20.1 Å². The number of aliphatic hydroxyl groups excluding tert-OH is 1. The average molecular weight is 442 g/mol. The van der Waals surface area contributed by atoms with Crippen LogP contribution in [0.3, 0.4) is 0 Å². The van der Waals surface area contributed by atoms with Gasteiger partial charge in [-0.2, -0.15) is 0 Å². The van der Waals surface area contributed by atoms with E-state index < -0.39 is 35.5 Å². The predicted octanol–water partition coefficient (Wildman–Crippen LogP) is 1.91. The molecule has 32 heavy (non-hydrogen) atoms. The van der Waals surface area contributed by atoms with Crippen molar-refractivity contribution in [1.82, 2.24) is 0 Å². The van der Waals surface area contributed by atoms with E-state index in [1.165, 1.54) is 7.11 Å². The molecule has 4 aliphatic heterocycles. The van der Waals surface area contributed by atoms with Gasteiger partial charge in [-0.25, -0.2) is 0 Å². The number of fused-ring (bicyclic) bond motifs is 8. The molecule has 6 atom stereocenters. The quantitative estimate of drug-likeness (QED) is 0.568. The van der Waals surface area contributed by atoms with E-state index in [1.807, 2.05) is 13.0 Å². The molecule has 2 bridgehead atoms. The molecule has 0 aromatic heterocycles. The number of epoxide rings is 1. The highest BCUT2D eigenvalue weighted by Gasteiger charge is 2.89. The lowest BCUT2D eigenvalue weighted by atomic mass is 9.78. The molecule has 9 nitrogen and oxygen atoms in total. The minimum Gasteiger partial charge on any atom is -0.506 e. The van der Waals surface area contributed by atoms with Gasteiger partial charge in [0, 0.05) is 22.9 Å². The molecule has 3 saturated heterocycles. The summed E-state index contributed by atoms with van der Waals surface area (Å²) in [7, 11) is 1.45. The van der Waals surface area contributed by atoms with Crippen molar-refractivity contribution >= 4 is 16.6 Å². The van der Waals surface area contributed by atoms with Crippen molar-refractivity contribution in [2.75, 3.05) is 13.7 Å². The zero-order valence-corrected chi connectivity index (χ0v) is 17.7. The van der Waals surface area contributed by atoms with Crippen LogP contribution in [-0.4, -0.2) is 58.1 Å². The Morgan fingerprint density at radius 2 is 2.00 bits per heavy atom. The Bertz CT molecular complexity index is 1260. The van der Waals surface area contributed by atoms with E-state index in [-0.39, 0.29) is 53.2 Å². The first-order chi connectivity index (χ1) is 15.2. The van der Waals surface area contributed by atoms with Gasteiger partial charge in [0.15, 0.2) is 11.9 Å². The largest absolute Gasteiger partial charge is 0.506 e. The summed E-state index contributed by atoms with van der Waals surface area (Å²) in [4.78, 5) is 12.8. The molecular formula is C23H22O9. The van der Waals surface area contributed by atoms with Gasteiger partial charge in [0.05, 0.1) is 30.8 Å². The topological polar surface area (TPSA) is 127 Å². The Balaban J connectivity index is 1.59. The van der Waals surface area contributed by atoms with Gasteiger partial charge >= 0.3 is 0 Å². The number of benzene rings is 2. The Kier molecular flexibility index (Phi) is 3.20. The Morgan fingerprint density at radius 3 is 2.69 bits per heavy atom. The van der Waals surface area contributed by atoms with Crippen molar-refractivity contribution in [3.05, 3.63) is 28.3 Å². The van der Waals surface area contributed by atoms with Crippen LogP contribution >= 0.6 is 0 Å². The SMILES string of the molecule is COc1c2c(c(O)c3c4c(c(C)cc13)C1OC3(C)OC1[C@@](O)(O4)[C@@]31CO1)C(=O)CC[C@@H]2O. The summed E-state index contributed by atoms with van der Waals surface area (Å²) in [5.41, 5.74) is 0.539. The van der Waals surface area contributed by atoms with Gasteiger partial charge < -0.3 is 39.0 Å². The van der Waals surface area contributed by atoms with Crippen molar-refractivity contribution in [3.8, 4) is 17.2 Å². The Morgan fingerprint density at radius 1 is 1.25 bits per heavy atom. The summed E-state index contributed by atoms with van der Waals surface area (Å²) in [6.07, 6.45) is -2.03. The number of carbonyl (C=O) groups is 1. The van der Waals surface area contributed by atoms with Crippen molar-refractivity contribution in [2.45, 2.75) is 62.2 Å². The molecule has 2 aromatic rings. The lowest BCUT2D eigenvalue weighted by molar-refractivity contribution is -0.273. The number of aliphatic hydroxyl groups is 2. The number of hydrogen-bond donors (Lipinski definition) is 3. The molecule has 0 amide bonds. The van der Waals surface area contributed by atoms with Crippen LogP contribution < -0.4 is 9.47 Å². The molecule has 4 heterocycles. The second kappa shape index (κ2) is 5.37. The predicted molar refractivity (Wildman–Crippen MR) is 107 cm³/mol. The van der Waals surface area contributed by atoms with Gasteiger partial charge in [-0.05, 0) is 31.9 Å². The fraction of sp³-hybridized carbons (Fsp3) is 0.522. The third-order valence-corrected chi connectivity index (χ3v) is 7.87. The zero-order valence-electron chi connectivity index (χ0n) is 17.7. The van der Waals surface area contributed by atoms with Crippen LogP contribution in [0.2, 0.25) is 0 Å². The highest BCUT2D eigenvalue weighted by Crippen LogP contribution is 2.69. The molecule has 1 spiro atoms. The summed E-state index contributed by atoms with van der Waals surface area (Å²) < 4.78 is 29.8. The number of aryl methyl sites for hydroxylation is 1. The standard InChI is InChI=1S/C23H22O9/c1-8-6-9-13(16(26)14-10(24)4-5-11(25)15(14)17(9)28-3)18-12(8)19-20-23(27,31-18)22(7-29-22)21(2,30-19)32-20/h6,11,19-20,25-27H,4-5,7H2,1-3H3/t11-,19?,20?,21?,22+,23+/m0/s1. The number of ketones is 1. The highest BCUT2D eigenvalue weighted by molar-refractivity contribution is 6.11. The number of phenolic OH excluding ortho intramolecular Hbond substituents is 1. The van der Waals surface area contributed by atoms with E-state index in [0.717, 1.165) is 5.56 Å².